The summed E-state index contributed by atoms with van der Waals surface area (Å²) in [6, 6.07) is 12.1. The Morgan fingerprint density at radius 1 is 1.06 bits per heavy atom. The van der Waals surface area contributed by atoms with Gasteiger partial charge >= 0.3 is 12.1 Å². The second kappa shape index (κ2) is 8.92. The average molecular weight is 448 g/mol. The number of anilines is 1. The number of hydrogen-bond acceptors (Lipinski definition) is 6. The third-order valence-corrected chi connectivity index (χ3v) is 4.42. The summed E-state index contributed by atoms with van der Waals surface area (Å²) in [5, 5.41) is 14.2. The van der Waals surface area contributed by atoms with Crippen molar-refractivity contribution in [2.45, 2.75) is 6.18 Å². The number of fused-ring (bicyclic) bond motifs is 1. The van der Waals surface area contributed by atoms with Crippen LogP contribution >= 0.6 is 0 Å². The number of esters is 1. The van der Waals surface area contributed by atoms with Gasteiger partial charge in [-0.05, 0) is 29.0 Å². The molecule has 0 spiro atoms. The van der Waals surface area contributed by atoms with Gasteiger partial charge in [-0.25, -0.2) is 4.79 Å². The molecule has 3 rings (SSSR count). The lowest BCUT2D eigenvalue weighted by Gasteiger charge is -2.14. The van der Waals surface area contributed by atoms with Crippen molar-refractivity contribution in [3.63, 3.8) is 0 Å². The highest BCUT2D eigenvalue weighted by Crippen LogP contribution is 2.37. The molecule has 1 N–H and O–H groups in total. The molecule has 0 heterocycles. The molecule has 0 atom stereocenters. The van der Waals surface area contributed by atoms with Gasteiger partial charge in [-0.1, -0.05) is 24.3 Å². The maximum Gasteiger partial charge on any atom is 0.418 e. The van der Waals surface area contributed by atoms with E-state index >= 15 is 0 Å². The number of halogens is 3. The summed E-state index contributed by atoms with van der Waals surface area (Å²) in [5.41, 5.74) is -2.86. The monoisotopic (exact) mass is 448 g/mol. The molecule has 0 unspecified atom stereocenters. The summed E-state index contributed by atoms with van der Waals surface area (Å²) in [4.78, 5) is 34.3. The van der Waals surface area contributed by atoms with E-state index in [9.17, 15) is 32.9 Å². The van der Waals surface area contributed by atoms with Crippen LogP contribution in [-0.4, -0.2) is 30.5 Å². The first kappa shape index (κ1) is 22.5. The van der Waals surface area contributed by atoms with Gasteiger partial charge in [0, 0.05) is 12.1 Å². The summed E-state index contributed by atoms with van der Waals surface area (Å²) in [6.07, 6.45) is -4.95. The highest BCUT2D eigenvalue weighted by atomic mass is 19.4. The van der Waals surface area contributed by atoms with Crippen LogP contribution in [0, 0.1) is 10.1 Å². The van der Waals surface area contributed by atoms with Crippen LogP contribution in [0.5, 0.6) is 5.75 Å². The molecule has 0 bridgehead atoms. The van der Waals surface area contributed by atoms with E-state index in [1.165, 1.54) is 13.2 Å². The molecule has 8 nitrogen and oxygen atoms in total. The summed E-state index contributed by atoms with van der Waals surface area (Å²) in [5.74, 6) is -1.77. The van der Waals surface area contributed by atoms with Gasteiger partial charge in [0.25, 0.3) is 11.6 Å². The van der Waals surface area contributed by atoms with Crippen molar-refractivity contribution in [2.75, 3.05) is 19.0 Å². The van der Waals surface area contributed by atoms with Crippen molar-refractivity contribution >= 4 is 34.0 Å². The number of amides is 1. The highest BCUT2D eigenvalue weighted by molar-refractivity contribution is 6.00. The van der Waals surface area contributed by atoms with Crippen LogP contribution < -0.4 is 10.1 Å². The fourth-order valence-corrected chi connectivity index (χ4v) is 2.93. The smallest absolute Gasteiger partial charge is 0.418 e. The molecule has 3 aromatic carbocycles. The van der Waals surface area contributed by atoms with Crippen molar-refractivity contribution in [1.82, 2.24) is 0 Å². The van der Waals surface area contributed by atoms with Gasteiger partial charge in [-0.15, -0.1) is 0 Å². The lowest BCUT2D eigenvalue weighted by molar-refractivity contribution is -0.385. The molecule has 0 aliphatic heterocycles. The van der Waals surface area contributed by atoms with Gasteiger partial charge in [-0.3, -0.25) is 14.9 Å². The van der Waals surface area contributed by atoms with Crippen LogP contribution in [0.15, 0.2) is 54.6 Å². The number of nitrogens with one attached hydrogen (secondary N) is 1. The van der Waals surface area contributed by atoms with Gasteiger partial charge in [-0.2, -0.15) is 13.2 Å². The topological polar surface area (TPSA) is 108 Å². The predicted octanol–water partition coefficient (Wildman–Crippen LogP) is 4.57. The van der Waals surface area contributed by atoms with E-state index in [0.717, 1.165) is 17.5 Å². The lowest BCUT2D eigenvalue weighted by Crippen LogP contribution is -2.23. The first-order valence-corrected chi connectivity index (χ1v) is 8.99. The molecule has 32 heavy (non-hydrogen) atoms. The molecule has 3 aromatic rings. The van der Waals surface area contributed by atoms with E-state index in [0.29, 0.717) is 11.5 Å². The van der Waals surface area contributed by atoms with E-state index in [2.05, 4.69) is 0 Å². The molecular formula is C21H15F3N2O6. The Kier molecular flexibility index (Phi) is 6.28. The maximum absolute atomic E-state index is 13.2. The fourth-order valence-electron chi connectivity index (χ4n) is 2.93. The van der Waals surface area contributed by atoms with E-state index < -0.39 is 46.5 Å². The third-order valence-electron chi connectivity index (χ3n) is 4.42. The number of nitro groups is 1. The van der Waals surface area contributed by atoms with Gasteiger partial charge in [0.2, 0.25) is 0 Å². The molecule has 166 valence electrons. The van der Waals surface area contributed by atoms with E-state index in [1.54, 1.807) is 24.3 Å². The number of alkyl halides is 3. The highest BCUT2D eigenvalue weighted by Gasteiger charge is 2.35. The molecule has 0 fully saturated rings. The first-order valence-electron chi connectivity index (χ1n) is 8.99. The molecule has 0 aliphatic rings. The Bertz CT molecular complexity index is 1210. The fraction of sp³-hybridized carbons (Fsp3) is 0.143. The van der Waals surface area contributed by atoms with Crippen molar-refractivity contribution in [3.05, 3.63) is 75.8 Å². The number of hydrogen-bond donors (Lipinski definition) is 1. The second-order valence-corrected chi connectivity index (χ2v) is 6.51. The van der Waals surface area contributed by atoms with Gasteiger partial charge in [0.15, 0.2) is 6.61 Å². The number of rotatable bonds is 6. The molecule has 0 aliphatic carbocycles. The summed E-state index contributed by atoms with van der Waals surface area (Å²) < 4.78 is 49.7. The summed E-state index contributed by atoms with van der Waals surface area (Å²) in [7, 11) is 1.35. The predicted molar refractivity (Wildman–Crippen MR) is 108 cm³/mol. The van der Waals surface area contributed by atoms with Crippen molar-refractivity contribution in [2.24, 2.45) is 0 Å². The van der Waals surface area contributed by atoms with Gasteiger partial charge in [0.05, 0.1) is 23.3 Å². The molecule has 11 heteroatoms. The van der Waals surface area contributed by atoms with Crippen LogP contribution in [-0.2, 0) is 15.7 Å². The van der Waals surface area contributed by atoms with Gasteiger partial charge in [0.1, 0.15) is 11.3 Å². The minimum absolute atomic E-state index is 0.0327. The molecule has 1 amide bonds. The van der Waals surface area contributed by atoms with Crippen LogP contribution in [0.3, 0.4) is 0 Å². The van der Waals surface area contributed by atoms with Crippen LogP contribution in [0.25, 0.3) is 10.8 Å². The normalized spacial score (nSPS) is 11.1. The molecule has 0 saturated heterocycles. The largest absolute Gasteiger partial charge is 0.496 e. The summed E-state index contributed by atoms with van der Waals surface area (Å²) in [6.45, 7) is -0.886. The van der Waals surface area contributed by atoms with E-state index in [-0.39, 0.29) is 11.3 Å². The van der Waals surface area contributed by atoms with E-state index in [4.69, 9.17) is 9.47 Å². The number of nitro benzene ring substituents is 1. The maximum atomic E-state index is 13.2. The Morgan fingerprint density at radius 3 is 2.31 bits per heavy atom. The van der Waals surface area contributed by atoms with E-state index in [1.807, 2.05) is 11.4 Å². The molecular weight excluding hydrogens is 433 g/mol. The molecule has 0 aromatic heterocycles. The minimum Gasteiger partial charge on any atom is -0.496 e. The molecule has 0 radical (unpaired) electrons. The SMILES string of the molecule is COc1cc2ccccc2cc1C(=O)OCC(=O)Nc1ccc([N+](=O)[O-])cc1C(F)(F)F. The number of methoxy groups -OCH3 is 1. The standard InChI is InChI=1S/C21H15F3N2O6/c1-31-18-9-13-5-3-2-4-12(13)8-15(18)20(28)32-11-19(27)25-17-7-6-14(26(29)30)10-16(17)21(22,23)24/h2-10H,11H2,1H3,(H,25,27). The van der Waals surface area contributed by atoms with Crippen molar-refractivity contribution in [1.29, 1.82) is 0 Å². The number of nitrogens with zero attached hydrogens (tertiary/aromatic N) is 1. The van der Waals surface area contributed by atoms with Crippen molar-refractivity contribution < 1.29 is 37.2 Å². The number of carbonyl (C=O) groups is 2. The van der Waals surface area contributed by atoms with Crippen molar-refractivity contribution in [3.8, 4) is 5.75 Å². The number of ether oxygens (including phenoxy) is 2. The zero-order valence-corrected chi connectivity index (χ0v) is 16.4. The zero-order chi connectivity index (χ0) is 23.5. The quantitative estimate of drug-likeness (QED) is 0.336. The Balaban J connectivity index is 1.75. The number of benzene rings is 3. The zero-order valence-electron chi connectivity index (χ0n) is 16.4. The Hall–Kier alpha value is -4.15. The van der Waals surface area contributed by atoms with Crippen LogP contribution in [0.4, 0.5) is 24.5 Å². The average Bonchev–Trinajstić information content (AvgIpc) is 2.75. The number of carbonyl (C=O) groups excluding carboxylic acids is 2. The van der Waals surface area contributed by atoms with Crippen LogP contribution in [0.2, 0.25) is 0 Å². The van der Waals surface area contributed by atoms with Crippen LogP contribution in [0.1, 0.15) is 15.9 Å². The molecule has 0 saturated carbocycles. The second-order valence-electron chi connectivity index (χ2n) is 6.51. The Labute approximate surface area is 178 Å². The third kappa shape index (κ3) is 4.94. The van der Waals surface area contributed by atoms with Gasteiger partial charge < -0.3 is 14.8 Å². The summed E-state index contributed by atoms with van der Waals surface area (Å²) >= 11 is 0. The number of non-ortho nitro benzene ring substituents is 1. The lowest BCUT2D eigenvalue weighted by atomic mass is 10.1. The first-order chi connectivity index (χ1) is 15.1. The minimum atomic E-state index is -4.95. The Morgan fingerprint density at radius 2 is 1.72 bits per heavy atom.